The third-order valence-corrected chi connectivity index (χ3v) is 3.90. The third-order valence-electron chi connectivity index (χ3n) is 2.88. The van der Waals surface area contributed by atoms with E-state index in [4.69, 9.17) is 28.6 Å². The van der Waals surface area contributed by atoms with Crippen molar-refractivity contribution in [3.63, 3.8) is 0 Å². The van der Waals surface area contributed by atoms with Crippen molar-refractivity contribution in [3.8, 4) is 11.4 Å². The predicted molar refractivity (Wildman–Crippen MR) is 85.5 cm³/mol. The molecule has 4 nitrogen and oxygen atoms in total. The van der Waals surface area contributed by atoms with Crippen molar-refractivity contribution in [3.05, 3.63) is 44.7 Å². The second-order valence-corrected chi connectivity index (χ2v) is 5.82. The largest absolute Gasteiger partial charge is 0.495 e. The first-order chi connectivity index (χ1) is 9.60. The molecule has 0 aliphatic heterocycles. The number of nitrogens with zero attached hydrogens (tertiary/aromatic N) is 2. The fraction of sp³-hybridized carbons (Fsp3) is 0.0769. The Morgan fingerprint density at radius 3 is 2.90 bits per heavy atom. The van der Waals surface area contributed by atoms with Crippen LogP contribution >= 0.6 is 39.7 Å². The number of nitrogens with one attached hydrogen (secondary N) is 1. The number of aromatic nitrogens is 3. The number of hydrogen-bond donors (Lipinski definition) is 1. The van der Waals surface area contributed by atoms with Gasteiger partial charge < -0.3 is 9.72 Å². The summed E-state index contributed by atoms with van der Waals surface area (Å²) in [7, 11) is 1.58. The lowest BCUT2D eigenvalue weighted by Crippen LogP contribution is -1.96. The van der Waals surface area contributed by atoms with Crippen LogP contribution in [-0.2, 0) is 0 Å². The van der Waals surface area contributed by atoms with Gasteiger partial charge >= 0.3 is 0 Å². The Bertz CT molecular complexity index is 858. The van der Waals surface area contributed by atoms with Crippen molar-refractivity contribution in [2.45, 2.75) is 0 Å². The molecule has 102 valence electrons. The summed E-state index contributed by atoms with van der Waals surface area (Å²) in [6.07, 6.45) is 1.73. The maximum absolute atomic E-state index is 6.16. The molecular formula is C13H9BrClN3OS. The highest BCUT2D eigenvalue weighted by Gasteiger charge is 2.10. The zero-order valence-electron chi connectivity index (χ0n) is 10.4. The van der Waals surface area contributed by atoms with Crippen LogP contribution in [0.1, 0.15) is 0 Å². The molecule has 0 saturated heterocycles. The fourth-order valence-corrected chi connectivity index (χ4v) is 2.89. The average molecular weight is 371 g/mol. The summed E-state index contributed by atoms with van der Waals surface area (Å²) in [6, 6.07) is 7.42. The van der Waals surface area contributed by atoms with E-state index in [0.717, 1.165) is 21.3 Å². The maximum atomic E-state index is 6.16. The zero-order chi connectivity index (χ0) is 14.3. The van der Waals surface area contributed by atoms with Gasteiger partial charge in [-0.05, 0) is 52.4 Å². The summed E-state index contributed by atoms with van der Waals surface area (Å²) in [5.41, 5.74) is 2.44. The third kappa shape index (κ3) is 2.24. The number of imidazole rings is 1. The molecule has 0 fully saturated rings. The maximum Gasteiger partial charge on any atom is 0.183 e. The minimum absolute atomic E-state index is 0.526. The molecule has 20 heavy (non-hydrogen) atoms. The van der Waals surface area contributed by atoms with Crippen molar-refractivity contribution >= 4 is 50.9 Å². The molecule has 0 spiro atoms. The van der Waals surface area contributed by atoms with Crippen molar-refractivity contribution in [1.82, 2.24) is 14.5 Å². The lowest BCUT2D eigenvalue weighted by Gasteiger charge is -2.07. The molecule has 2 aromatic heterocycles. The number of halogens is 2. The average Bonchev–Trinajstić information content (AvgIpc) is 2.73. The number of H-pyrrole nitrogens is 1. The summed E-state index contributed by atoms with van der Waals surface area (Å²) < 4.78 is 8.44. The van der Waals surface area contributed by atoms with E-state index >= 15 is 0 Å². The molecule has 0 radical (unpaired) electrons. The highest BCUT2D eigenvalue weighted by atomic mass is 79.9. The number of pyridine rings is 1. The molecule has 1 aromatic carbocycles. The number of benzene rings is 1. The highest BCUT2D eigenvalue weighted by molar-refractivity contribution is 9.10. The molecule has 3 rings (SSSR count). The Labute approximate surface area is 133 Å². The molecule has 7 heteroatoms. The lowest BCUT2D eigenvalue weighted by molar-refractivity contribution is 0.415. The van der Waals surface area contributed by atoms with Gasteiger partial charge in [0.2, 0.25) is 0 Å². The van der Waals surface area contributed by atoms with Crippen LogP contribution in [0.15, 0.2) is 34.9 Å². The molecule has 1 N–H and O–H groups in total. The first kappa shape index (κ1) is 13.6. The second-order valence-electron chi connectivity index (χ2n) is 4.11. The lowest BCUT2D eigenvalue weighted by atomic mass is 10.3. The summed E-state index contributed by atoms with van der Waals surface area (Å²) >= 11 is 14.9. The molecule has 0 amide bonds. The van der Waals surface area contributed by atoms with Crippen LogP contribution in [0.5, 0.6) is 5.75 Å². The van der Waals surface area contributed by atoms with E-state index in [-0.39, 0.29) is 0 Å². The Kier molecular flexibility index (Phi) is 3.54. The molecule has 0 bridgehead atoms. The molecule has 0 atom stereocenters. The van der Waals surface area contributed by atoms with Crippen molar-refractivity contribution < 1.29 is 4.74 Å². The highest BCUT2D eigenvalue weighted by Crippen LogP contribution is 2.28. The van der Waals surface area contributed by atoms with Gasteiger partial charge in [0, 0.05) is 10.7 Å². The molecule has 0 aliphatic rings. The van der Waals surface area contributed by atoms with Gasteiger partial charge in [-0.15, -0.1) is 0 Å². The van der Waals surface area contributed by atoms with Gasteiger partial charge in [-0.1, -0.05) is 11.6 Å². The Morgan fingerprint density at radius 1 is 1.40 bits per heavy atom. The monoisotopic (exact) mass is 369 g/mol. The van der Waals surface area contributed by atoms with Crippen LogP contribution in [0.2, 0.25) is 5.02 Å². The fourth-order valence-electron chi connectivity index (χ4n) is 2.00. The SMILES string of the molecule is COc1ccc(-n2c(=S)[nH]c3cc(Br)cnc32)cc1Cl. The van der Waals surface area contributed by atoms with E-state index in [2.05, 4.69) is 25.9 Å². The van der Waals surface area contributed by atoms with E-state index in [1.165, 1.54) is 0 Å². The van der Waals surface area contributed by atoms with Crippen LogP contribution in [-0.4, -0.2) is 21.6 Å². The topological polar surface area (TPSA) is 42.8 Å². The van der Waals surface area contributed by atoms with Gasteiger partial charge in [0.05, 0.1) is 23.3 Å². The summed E-state index contributed by atoms with van der Waals surface area (Å²) in [6.45, 7) is 0. The molecule has 0 saturated carbocycles. The first-order valence-corrected chi connectivity index (χ1v) is 7.28. The number of hydrogen-bond acceptors (Lipinski definition) is 3. The Morgan fingerprint density at radius 2 is 2.20 bits per heavy atom. The zero-order valence-corrected chi connectivity index (χ0v) is 13.5. The van der Waals surface area contributed by atoms with Gasteiger partial charge in [0.1, 0.15) is 5.75 Å². The van der Waals surface area contributed by atoms with Crippen LogP contribution in [0.25, 0.3) is 16.9 Å². The van der Waals surface area contributed by atoms with Gasteiger partial charge in [0.15, 0.2) is 10.4 Å². The van der Waals surface area contributed by atoms with Gasteiger partial charge in [-0.2, -0.15) is 0 Å². The summed E-state index contributed by atoms with van der Waals surface area (Å²) in [5.74, 6) is 0.623. The minimum atomic E-state index is 0.526. The van der Waals surface area contributed by atoms with Gasteiger partial charge in [-0.25, -0.2) is 4.98 Å². The van der Waals surface area contributed by atoms with Crippen LogP contribution < -0.4 is 4.74 Å². The molecule has 0 aliphatic carbocycles. The Balaban J connectivity index is 2.26. The summed E-state index contributed by atoms with van der Waals surface area (Å²) in [4.78, 5) is 7.52. The summed E-state index contributed by atoms with van der Waals surface area (Å²) in [5, 5.41) is 0.526. The number of rotatable bonds is 2. The number of ether oxygens (including phenoxy) is 1. The normalized spacial score (nSPS) is 10.9. The van der Waals surface area contributed by atoms with E-state index in [9.17, 15) is 0 Å². The van der Waals surface area contributed by atoms with Gasteiger partial charge in [-0.3, -0.25) is 4.57 Å². The minimum Gasteiger partial charge on any atom is -0.495 e. The van der Waals surface area contributed by atoms with E-state index in [1.807, 2.05) is 16.7 Å². The predicted octanol–water partition coefficient (Wildman–Crippen LogP) is 4.51. The van der Waals surface area contributed by atoms with E-state index < -0.39 is 0 Å². The van der Waals surface area contributed by atoms with Crippen LogP contribution in [0, 0.1) is 4.77 Å². The first-order valence-electron chi connectivity index (χ1n) is 5.70. The van der Waals surface area contributed by atoms with E-state index in [1.54, 1.807) is 25.4 Å². The van der Waals surface area contributed by atoms with Crippen molar-refractivity contribution in [2.24, 2.45) is 0 Å². The second kappa shape index (κ2) is 5.20. The molecule has 3 aromatic rings. The number of aromatic amines is 1. The standard InChI is InChI=1S/C13H9BrClN3OS/c1-19-11-3-2-8(5-9(11)15)18-12-10(17-13(18)20)4-7(14)6-16-12/h2-6H,1H3,(H,17,20). The van der Waals surface area contributed by atoms with Crippen molar-refractivity contribution in [2.75, 3.05) is 7.11 Å². The molecule has 2 heterocycles. The quantitative estimate of drug-likeness (QED) is 0.675. The van der Waals surface area contributed by atoms with Crippen molar-refractivity contribution in [1.29, 1.82) is 0 Å². The Hall–Kier alpha value is -1.37. The number of methoxy groups -OCH3 is 1. The van der Waals surface area contributed by atoms with Gasteiger partial charge in [0.25, 0.3) is 0 Å². The molecular weight excluding hydrogens is 362 g/mol. The van der Waals surface area contributed by atoms with E-state index in [0.29, 0.717) is 15.5 Å². The van der Waals surface area contributed by atoms with Crippen LogP contribution in [0.4, 0.5) is 0 Å². The number of fused-ring (bicyclic) bond motifs is 1. The van der Waals surface area contributed by atoms with Crippen LogP contribution in [0.3, 0.4) is 0 Å². The smallest absolute Gasteiger partial charge is 0.183 e. The molecule has 0 unspecified atom stereocenters.